The molecule has 0 atom stereocenters. The molecule has 0 aromatic heterocycles. The molecule has 176 valence electrons. The molecule has 0 spiro atoms. The third-order valence-electron chi connectivity index (χ3n) is 0. The van der Waals surface area contributed by atoms with Crippen molar-refractivity contribution >= 4 is 61.4 Å². The maximum atomic E-state index is 8.85. The van der Waals surface area contributed by atoms with Gasteiger partial charge in [-0.2, -0.15) is 0 Å². The van der Waals surface area contributed by atoms with Gasteiger partial charge in [0.25, 0.3) is 0 Å². The summed E-state index contributed by atoms with van der Waals surface area (Å²) in [6, 6.07) is 0. The Morgan fingerprint density at radius 2 is 0.370 bits per heavy atom. The third-order valence-corrected chi connectivity index (χ3v) is 0. The van der Waals surface area contributed by atoms with E-state index in [1.807, 2.05) is 0 Å². The first-order valence-corrected chi connectivity index (χ1v) is 11.0. The van der Waals surface area contributed by atoms with Crippen LogP contribution in [0, 0.1) is 0 Å². The smallest absolute Gasteiger partial charge is 0.736 e. The molecule has 0 saturated carbocycles. The van der Waals surface area contributed by atoms with Crippen molar-refractivity contribution in [3.63, 3.8) is 0 Å². The summed E-state index contributed by atoms with van der Waals surface area (Å²) in [5.41, 5.74) is 0. The number of hydrogen-bond acceptors (Lipinski definition) is 15. The van der Waals surface area contributed by atoms with E-state index in [9.17, 15) is 0 Å². The Labute approximate surface area is 168 Å². The summed E-state index contributed by atoms with van der Waals surface area (Å²) in [5, 5.41) is 18.9. The van der Waals surface area contributed by atoms with Gasteiger partial charge in [0.05, 0.1) is 0 Å². The van der Waals surface area contributed by atoms with Gasteiger partial charge in [0.15, 0.2) is 51.5 Å². The fourth-order valence-corrected chi connectivity index (χ4v) is 0. The van der Waals surface area contributed by atoms with Crippen molar-refractivity contribution in [3.8, 4) is 0 Å². The summed E-state index contributed by atoms with van der Waals surface area (Å²) >= 11 is 0. The molecular formula is H16N5NiO15PS5. The molecular weight excluding hydrogens is 560 g/mol. The molecule has 27 heteroatoms. The summed E-state index contributed by atoms with van der Waals surface area (Å²) in [6.07, 6.45) is 0. The van der Waals surface area contributed by atoms with E-state index in [4.69, 9.17) is 64.9 Å². The molecule has 0 bridgehead atoms. The fraction of sp³-hybridized carbons (Fsp3) is 0. The van der Waals surface area contributed by atoms with Crippen molar-refractivity contribution in [2.45, 2.75) is 0 Å². The van der Waals surface area contributed by atoms with Crippen LogP contribution in [0.4, 0.5) is 0 Å². The molecule has 0 rings (SSSR count). The zero-order valence-corrected chi connectivity index (χ0v) is 16.4. The molecule has 27 heavy (non-hydrogen) atoms. The monoisotopic (exact) mass is 575 g/mol. The predicted octanol–water partition coefficient (Wildman–Crippen LogP) is -8.72. The first-order valence-electron chi connectivity index (χ1n) is 3.68. The minimum atomic E-state index is -4.42. The summed E-state index contributed by atoms with van der Waals surface area (Å²) in [6.45, 7) is 0. The topological polar surface area (TPSA) is 416 Å². The molecule has 0 aromatic rings. The standard InChI is InChI=1S/5H3NO3S.Ni.H6P/c5*1-5(2,3)4;;/h5*(H3,1,2,3,4);;1H6/q;;;;;+2;+3/p-5. The van der Waals surface area contributed by atoms with Crippen molar-refractivity contribution in [3.05, 3.63) is 0 Å². The molecule has 0 unspecified atom stereocenters. The summed E-state index contributed by atoms with van der Waals surface area (Å²) in [7, 11) is -22.1. The van der Waals surface area contributed by atoms with E-state index in [0.29, 0.717) is 0 Å². The van der Waals surface area contributed by atoms with Gasteiger partial charge in [-0.25, -0.2) is 67.8 Å². The molecule has 0 aliphatic heterocycles. The van der Waals surface area contributed by atoms with E-state index in [2.05, 4.69) is 25.7 Å². The maximum Gasteiger partial charge on any atom is 2.00 e. The Hall–Kier alpha value is 0.274. The van der Waals surface area contributed by atoms with Gasteiger partial charge in [-0.05, 0) is 0 Å². The quantitative estimate of drug-likeness (QED) is 0.101. The van der Waals surface area contributed by atoms with Crippen LogP contribution in [0.1, 0.15) is 0 Å². The predicted molar refractivity (Wildman–Crippen MR) is 84.7 cm³/mol. The SMILES string of the molecule is NS(=O)(=O)[O-].NS(=O)(=O)[O-].NS(=O)(=O)[O-].NS(=O)(=O)[O-].NS(=O)(=O)[O-].[Ni+2].[PH6+3]. The summed E-state index contributed by atoms with van der Waals surface area (Å²) < 4.78 is 133. The Morgan fingerprint density at radius 3 is 0.370 bits per heavy atom. The van der Waals surface area contributed by atoms with E-state index < -0.39 is 51.5 Å². The van der Waals surface area contributed by atoms with E-state index >= 15 is 0 Å². The van der Waals surface area contributed by atoms with Crippen molar-refractivity contribution in [1.82, 2.24) is 0 Å². The van der Waals surface area contributed by atoms with E-state index in [1.54, 1.807) is 0 Å². The van der Waals surface area contributed by atoms with Crippen LogP contribution >= 0.6 is 9.90 Å². The normalized spacial score (nSPS) is 10.7. The van der Waals surface area contributed by atoms with Crippen LogP contribution in [0.5, 0.6) is 0 Å². The van der Waals surface area contributed by atoms with Gasteiger partial charge < -0.3 is 22.8 Å². The van der Waals surface area contributed by atoms with Gasteiger partial charge in [-0.15, -0.1) is 0 Å². The second-order valence-electron chi connectivity index (χ2n) is 2.46. The zero-order valence-electron chi connectivity index (χ0n) is 11.4. The van der Waals surface area contributed by atoms with Crippen LogP contribution in [0.3, 0.4) is 0 Å². The Bertz CT molecular complexity index is 637. The first kappa shape index (κ1) is 45.8. The van der Waals surface area contributed by atoms with Gasteiger partial charge in [0.1, 0.15) is 0 Å². The molecule has 0 fully saturated rings. The summed E-state index contributed by atoms with van der Waals surface area (Å²) in [4.78, 5) is 0. The van der Waals surface area contributed by atoms with E-state index in [1.165, 1.54) is 0 Å². The minimum Gasteiger partial charge on any atom is -0.736 e. The van der Waals surface area contributed by atoms with Crippen LogP contribution in [-0.4, -0.2) is 64.9 Å². The first-order chi connectivity index (χ1) is 10.0. The molecule has 10 N–H and O–H groups in total. The van der Waals surface area contributed by atoms with E-state index in [-0.39, 0.29) is 26.4 Å². The average Bonchev–Trinajstić information content (AvgIpc) is 1.79. The number of nitrogens with two attached hydrogens (primary N) is 5. The largest absolute Gasteiger partial charge is 2.00 e. The molecule has 0 aromatic carbocycles. The van der Waals surface area contributed by atoms with Gasteiger partial charge in [0, 0.05) is 0 Å². The van der Waals surface area contributed by atoms with Gasteiger partial charge in [0.2, 0.25) is 0 Å². The third kappa shape index (κ3) is 207000. The Balaban J connectivity index is -0.0000000364. The van der Waals surface area contributed by atoms with Crippen LogP contribution in [0.15, 0.2) is 0 Å². The molecule has 0 aliphatic carbocycles. The second-order valence-corrected chi connectivity index (χ2v) is 7.39. The second kappa shape index (κ2) is 18.3. The van der Waals surface area contributed by atoms with Gasteiger partial charge in [-0.1, -0.05) is 0 Å². The zero-order chi connectivity index (χ0) is 22.5. The average molecular weight is 576 g/mol. The number of rotatable bonds is 0. The van der Waals surface area contributed by atoms with Gasteiger partial charge >= 0.3 is 16.5 Å². The van der Waals surface area contributed by atoms with Crippen LogP contribution in [0.2, 0.25) is 0 Å². The van der Waals surface area contributed by atoms with Crippen molar-refractivity contribution in [2.75, 3.05) is 0 Å². The van der Waals surface area contributed by atoms with Gasteiger partial charge in [-0.3, -0.25) is 9.90 Å². The minimum absolute atomic E-state index is 0. The van der Waals surface area contributed by atoms with Crippen LogP contribution in [0.25, 0.3) is 0 Å². The van der Waals surface area contributed by atoms with Crippen molar-refractivity contribution < 1.29 is 81.3 Å². The summed E-state index contributed by atoms with van der Waals surface area (Å²) in [5.74, 6) is 0. The Kier molecular flexibility index (Phi) is 31.1. The molecule has 20 nitrogen and oxygen atoms in total. The van der Waals surface area contributed by atoms with Crippen molar-refractivity contribution in [1.29, 1.82) is 0 Å². The number of hydrogen-bond donors (Lipinski definition) is 5. The fourth-order valence-electron chi connectivity index (χ4n) is 0. The molecule has 0 heterocycles. The van der Waals surface area contributed by atoms with Crippen LogP contribution < -0.4 is 25.7 Å². The van der Waals surface area contributed by atoms with Crippen LogP contribution in [-0.2, 0) is 68.0 Å². The molecule has 0 radical (unpaired) electrons. The Morgan fingerprint density at radius 1 is 0.370 bits per heavy atom. The molecule has 0 aliphatic rings. The van der Waals surface area contributed by atoms with E-state index in [0.717, 1.165) is 0 Å². The van der Waals surface area contributed by atoms with Crippen molar-refractivity contribution in [2.24, 2.45) is 25.7 Å². The molecule has 0 saturated heterocycles. The molecule has 0 amide bonds. The maximum absolute atomic E-state index is 8.85.